The van der Waals surface area contributed by atoms with Crippen molar-refractivity contribution < 1.29 is 9.53 Å². The molecule has 2 heteroatoms. The molecular formula is C14H18O2. The zero-order valence-electron chi connectivity index (χ0n) is 10.1. The van der Waals surface area contributed by atoms with Crippen LogP contribution in [-0.2, 0) is 9.53 Å². The Morgan fingerprint density at radius 1 is 1.31 bits per heavy atom. The number of hydrogen-bond donors (Lipinski definition) is 0. The van der Waals surface area contributed by atoms with E-state index in [0.717, 1.165) is 5.56 Å². The predicted molar refractivity (Wildman–Crippen MR) is 65.9 cm³/mol. The molecule has 0 N–H and O–H groups in total. The average molecular weight is 218 g/mol. The summed E-state index contributed by atoms with van der Waals surface area (Å²) in [4.78, 5) is 11.7. The van der Waals surface area contributed by atoms with E-state index in [9.17, 15) is 4.79 Å². The van der Waals surface area contributed by atoms with Crippen LogP contribution in [0.5, 0.6) is 0 Å². The lowest BCUT2D eigenvalue weighted by Crippen LogP contribution is -2.12. The maximum Gasteiger partial charge on any atom is 0.334 e. The van der Waals surface area contributed by atoms with Gasteiger partial charge in [0.1, 0.15) is 0 Å². The highest BCUT2D eigenvalue weighted by Gasteiger charge is 2.14. The molecule has 16 heavy (non-hydrogen) atoms. The molecule has 0 fully saturated rings. The van der Waals surface area contributed by atoms with Crippen molar-refractivity contribution in [1.82, 2.24) is 0 Å². The molecule has 0 radical (unpaired) electrons. The molecular weight excluding hydrogens is 200 g/mol. The van der Waals surface area contributed by atoms with Crippen molar-refractivity contribution in [3.8, 4) is 0 Å². The zero-order valence-corrected chi connectivity index (χ0v) is 10.1. The molecule has 0 aliphatic heterocycles. The lowest BCUT2D eigenvalue weighted by atomic mass is 10.0. The van der Waals surface area contributed by atoms with Gasteiger partial charge in [0.05, 0.1) is 6.61 Å². The first-order chi connectivity index (χ1) is 7.65. The Hall–Kier alpha value is -1.57. The SMILES string of the molecule is CCOC(=O)/C(=C/c1ccccc1)C(C)C. The molecule has 0 aliphatic carbocycles. The van der Waals surface area contributed by atoms with Crippen LogP contribution in [0.15, 0.2) is 35.9 Å². The lowest BCUT2D eigenvalue weighted by molar-refractivity contribution is -0.138. The van der Waals surface area contributed by atoms with Crippen LogP contribution >= 0.6 is 0 Å². The Morgan fingerprint density at radius 2 is 1.94 bits per heavy atom. The molecule has 1 aromatic rings. The van der Waals surface area contributed by atoms with Crippen molar-refractivity contribution in [2.24, 2.45) is 5.92 Å². The van der Waals surface area contributed by atoms with Gasteiger partial charge in [-0.1, -0.05) is 44.2 Å². The maximum atomic E-state index is 11.7. The topological polar surface area (TPSA) is 26.3 Å². The second kappa shape index (κ2) is 6.11. The minimum atomic E-state index is -0.221. The second-order valence-electron chi connectivity index (χ2n) is 3.89. The van der Waals surface area contributed by atoms with E-state index >= 15 is 0 Å². The van der Waals surface area contributed by atoms with Crippen LogP contribution in [0, 0.1) is 5.92 Å². The van der Waals surface area contributed by atoms with Gasteiger partial charge in [-0.3, -0.25) is 0 Å². The van der Waals surface area contributed by atoms with E-state index in [1.54, 1.807) is 0 Å². The van der Waals surface area contributed by atoms with E-state index in [2.05, 4.69) is 0 Å². The molecule has 0 saturated carbocycles. The highest BCUT2D eigenvalue weighted by atomic mass is 16.5. The van der Waals surface area contributed by atoms with Gasteiger partial charge in [-0.25, -0.2) is 4.79 Å². The van der Waals surface area contributed by atoms with Crippen molar-refractivity contribution in [3.63, 3.8) is 0 Å². The molecule has 0 amide bonds. The first-order valence-electron chi connectivity index (χ1n) is 5.59. The van der Waals surface area contributed by atoms with Gasteiger partial charge in [0.2, 0.25) is 0 Å². The lowest BCUT2D eigenvalue weighted by Gasteiger charge is -2.10. The minimum absolute atomic E-state index is 0.166. The van der Waals surface area contributed by atoms with Gasteiger partial charge in [-0.05, 0) is 24.5 Å². The van der Waals surface area contributed by atoms with E-state index < -0.39 is 0 Å². The number of carbonyl (C=O) groups excluding carboxylic acids is 1. The van der Waals surface area contributed by atoms with E-state index in [-0.39, 0.29) is 11.9 Å². The summed E-state index contributed by atoms with van der Waals surface area (Å²) in [7, 11) is 0. The summed E-state index contributed by atoms with van der Waals surface area (Å²) in [5.74, 6) is -0.0550. The predicted octanol–water partition coefficient (Wildman–Crippen LogP) is 3.29. The maximum absolute atomic E-state index is 11.7. The number of rotatable bonds is 4. The standard InChI is InChI=1S/C14H18O2/c1-4-16-14(15)13(11(2)3)10-12-8-6-5-7-9-12/h5-11H,4H2,1-3H3/b13-10+. The number of benzene rings is 1. The molecule has 0 heterocycles. The van der Waals surface area contributed by atoms with E-state index in [1.165, 1.54) is 0 Å². The largest absolute Gasteiger partial charge is 0.463 e. The minimum Gasteiger partial charge on any atom is -0.463 e. The monoisotopic (exact) mass is 218 g/mol. The number of ether oxygens (including phenoxy) is 1. The Bertz CT molecular complexity index is 364. The molecule has 0 spiro atoms. The van der Waals surface area contributed by atoms with Crippen LogP contribution in [0.1, 0.15) is 26.3 Å². The first-order valence-corrected chi connectivity index (χ1v) is 5.59. The van der Waals surface area contributed by atoms with Crippen molar-refractivity contribution >= 4 is 12.0 Å². The van der Waals surface area contributed by atoms with Gasteiger partial charge in [0.15, 0.2) is 0 Å². The molecule has 0 bridgehead atoms. The first kappa shape index (κ1) is 12.5. The van der Waals surface area contributed by atoms with Gasteiger partial charge in [-0.15, -0.1) is 0 Å². The molecule has 0 aliphatic rings. The van der Waals surface area contributed by atoms with Crippen molar-refractivity contribution in [2.75, 3.05) is 6.61 Å². The Morgan fingerprint density at radius 3 is 2.44 bits per heavy atom. The van der Waals surface area contributed by atoms with Crippen LogP contribution in [0.2, 0.25) is 0 Å². The van der Waals surface area contributed by atoms with Crippen LogP contribution in [-0.4, -0.2) is 12.6 Å². The Labute approximate surface area is 96.9 Å². The average Bonchev–Trinajstić information content (AvgIpc) is 2.27. The highest BCUT2D eigenvalue weighted by Crippen LogP contribution is 2.16. The molecule has 1 rings (SSSR count). The number of carbonyl (C=O) groups is 1. The number of hydrogen-bond acceptors (Lipinski definition) is 2. The molecule has 2 nitrogen and oxygen atoms in total. The zero-order chi connectivity index (χ0) is 12.0. The summed E-state index contributed by atoms with van der Waals surface area (Å²) < 4.78 is 5.03. The van der Waals surface area contributed by atoms with Crippen LogP contribution in [0.25, 0.3) is 6.08 Å². The van der Waals surface area contributed by atoms with Gasteiger partial charge in [-0.2, -0.15) is 0 Å². The Balaban J connectivity index is 2.94. The molecule has 1 aromatic carbocycles. The van der Waals surface area contributed by atoms with E-state index in [4.69, 9.17) is 4.74 Å². The molecule has 86 valence electrons. The molecule has 0 unspecified atom stereocenters. The van der Waals surface area contributed by atoms with Gasteiger partial charge in [0.25, 0.3) is 0 Å². The molecule has 0 aromatic heterocycles. The third-order valence-corrected chi connectivity index (χ3v) is 2.25. The van der Waals surface area contributed by atoms with Gasteiger partial charge < -0.3 is 4.74 Å². The fourth-order valence-electron chi connectivity index (χ4n) is 1.40. The van der Waals surface area contributed by atoms with Crippen molar-refractivity contribution in [1.29, 1.82) is 0 Å². The Kier molecular flexibility index (Phi) is 4.77. The normalized spacial score (nSPS) is 11.6. The van der Waals surface area contributed by atoms with E-state index in [1.807, 2.05) is 57.2 Å². The summed E-state index contributed by atoms with van der Waals surface area (Å²) in [6.07, 6.45) is 1.89. The molecule has 0 atom stereocenters. The van der Waals surface area contributed by atoms with Crippen LogP contribution < -0.4 is 0 Å². The summed E-state index contributed by atoms with van der Waals surface area (Å²) in [5, 5.41) is 0. The van der Waals surface area contributed by atoms with Crippen molar-refractivity contribution in [3.05, 3.63) is 41.5 Å². The summed E-state index contributed by atoms with van der Waals surface area (Å²) in [5.41, 5.74) is 1.74. The fourth-order valence-corrected chi connectivity index (χ4v) is 1.40. The number of esters is 1. The fraction of sp³-hybridized carbons (Fsp3) is 0.357. The van der Waals surface area contributed by atoms with Crippen molar-refractivity contribution in [2.45, 2.75) is 20.8 Å². The summed E-state index contributed by atoms with van der Waals surface area (Å²) in [6, 6.07) is 9.81. The van der Waals surface area contributed by atoms with Gasteiger partial charge in [0, 0.05) is 5.57 Å². The third-order valence-electron chi connectivity index (χ3n) is 2.25. The highest BCUT2D eigenvalue weighted by molar-refractivity contribution is 5.94. The quantitative estimate of drug-likeness (QED) is 0.572. The molecule has 0 saturated heterocycles. The smallest absolute Gasteiger partial charge is 0.334 e. The second-order valence-corrected chi connectivity index (χ2v) is 3.89. The van der Waals surface area contributed by atoms with Crippen LogP contribution in [0.4, 0.5) is 0 Å². The van der Waals surface area contributed by atoms with E-state index in [0.29, 0.717) is 12.2 Å². The summed E-state index contributed by atoms with van der Waals surface area (Å²) >= 11 is 0. The third kappa shape index (κ3) is 3.54. The van der Waals surface area contributed by atoms with Gasteiger partial charge >= 0.3 is 5.97 Å². The van der Waals surface area contributed by atoms with Crippen LogP contribution in [0.3, 0.4) is 0 Å². The summed E-state index contributed by atoms with van der Waals surface area (Å²) in [6.45, 7) is 6.22.